The Morgan fingerprint density at radius 1 is 1.00 bits per heavy atom. The van der Waals surface area contributed by atoms with Gasteiger partial charge in [-0.1, -0.05) is 5.16 Å². The van der Waals surface area contributed by atoms with E-state index in [9.17, 15) is 13.2 Å². The molecule has 11 heteroatoms. The molecule has 0 spiro atoms. The first-order chi connectivity index (χ1) is 14.9. The summed E-state index contributed by atoms with van der Waals surface area (Å²) in [6, 6.07) is 10.5. The molecule has 0 unspecified atom stereocenters. The maximum Gasteiger partial charge on any atom is 0.433 e. The Bertz CT molecular complexity index is 1160. The molecule has 0 radical (unpaired) electrons. The number of nitrogens with zero attached hydrogens (tertiary/aromatic N) is 5. The molecule has 1 aromatic carbocycles. The highest BCUT2D eigenvalue weighted by Crippen LogP contribution is 2.31. The predicted molar refractivity (Wildman–Crippen MR) is 103 cm³/mol. The molecular weight excluding hydrogens is 413 g/mol. The van der Waals surface area contributed by atoms with Gasteiger partial charge in [0.2, 0.25) is 11.7 Å². The molecule has 4 rings (SSSR count). The summed E-state index contributed by atoms with van der Waals surface area (Å²) in [5.41, 5.74) is -0.105. The van der Waals surface area contributed by atoms with Crippen molar-refractivity contribution < 1.29 is 22.4 Å². The van der Waals surface area contributed by atoms with E-state index < -0.39 is 11.9 Å². The maximum atomic E-state index is 13.3. The Balaban J connectivity index is 1.52. The molecular formula is C20H15F3N6O2. The Morgan fingerprint density at radius 3 is 2.39 bits per heavy atom. The zero-order valence-corrected chi connectivity index (χ0v) is 16.1. The molecule has 0 amide bonds. The number of benzene rings is 1. The van der Waals surface area contributed by atoms with Crippen molar-refractivity contribution in [1.29, 1.82) is 0 Å². The number of aryl methyl sites for hydroxylation is 1. The number of ether oxygens (including phenoxy) is 1. The smallest absolute Gasteiger partial charge is 0.433 e. The Hall–Kier alpha value is -4.02. The zero-order chi connectivity index (χ0) is 21.8. The number of nitrogens with one attached hydrogen (secondary N) is 1. The minimum atomic E-state index is -4.62. The number of hydrogen-bond donors (Lipinski definition) is 1. The minimum absolute atomic E-state index is 0.00470. The van der Waals surface area contributed by atoms with Crippen molar-refractivity contribution in [3.05, 3.63) is 72.3 Å². The lowest BCUT2D eigenvalue weighted by Gasteiger charge is -2.12. The molecule has 0 aliphatic carbocycles. The van der Waals surface area contributed by atoms with E-state index in [0.717, 1.165) is 6.07 Å². The minimum Gasteiger partial charge on any atom is -0.485 e. The lowest BCUT2D eigenvalue weighted by Crippen LogP contribution is -2.11. The summed E-state index contributed by atoms with van der Waals surface area (Å²) in [4.78, 5) is 15.7. The number of hydrogen-bond acceptors (Lipinski definition) is 8. The fraction of sp³-hybridized carbons (Fsp3) is 0.150. The Morgan fingerprint density at radius 2 is 1.74 bits per heavy atom. The van der Waals surface area contributed by atoms with Crippen LogP contribution < -0.4 is 10.1 Å². The Kier molecular flexibility index (Phi) is 5.48. The highest BCUT2D eigenvalue weighted by Gasteiger charge is 2.33. The highest BCUT2D eigenvalue weighted by atomic mass is 19.4. The van der Waals surface area contributed by atoms with Gasteiger partial charge < -0.3 is 14.6 Å². The molecule has 0 aliphatic rings. The number of pyridine rings is 1. The van der Waals surface area contributed by atoms with Gasteiger partial charge in [0.05, 0.1) is 0 Å². The van der Waals surface area contributed by atoms with Crippen molar-refractivity contribution in [2.24, 2.45) is 0 Å². The van der Waals surface area contributed by atoms with Crippen molar-refractivity contribution >= 4 is 11.5 Å². The maximum absolute atomic E-state index is 13.3. The van der Waals surface area contributed by atoms with Crippen LogP contribution in [0.1, 0.15) is 17.4 Å². The van der Waals surface area contributed by atoms with Gasteiger partial charge in [-0.05, 0) is 36.4 Å². The van der Waals surface area contributed by atoms with E-state index >= 15 is 0 Å². The van der Waals surface area contributed by atoms with E-state index in [4.69, 9.17) is 9.26 Å². The van der Waals surface area contributed by atoms with Crippen LogP contribution in [-0.2, 0) is 12.8 Å². The molecule has 3 aromatic heterocycles. The molecule has 8 nitrogen and oxygen atoms in total. The molecule has 31 heavy (non-hydrogen) atoms. The summed E-state index contributed by atoms with van der Waals surface area (Å²) in [5.74, 6) is 1.32. The van der Waals surface area contributed by atoms with Crippen molar-refractivity contribution in [3.63, 3.8) is 0 Å². The molecule has 4 aromatic rings. The highest BCUT2D eigenvalue weighted by molar-refractivity contribution is 5.62. The average molecular weight is 428 g/mol. The Labute approximate surface area is 174 Å². The second-order valence-corrected chi connectivity index (χ2v) is 6.36. The number of anilines is 2. The van der Waals surface area contributed by atoms with Gasteiger partial charge in [-0.3, -0.25) is 4.98 Å². The van der Waals surface area contributed by atoms with Gasteiger partial charge in [0.1, 0.15) is 11.6 Å². The number of alkyl halides is 3. The monoisotopic (exact) mass is 428 g/mol. The quantitative estimate of drug-likeness (QED) is 0.477. The lowest BCUT2D eigenvalue weighted by atomic mass is 10.2. The second kappa shape index (κ2) is 8.38. The van der Waals surface area contributed by atoms with Gasteiger partial charge in [0.15, 0.2) is 18.1 Å². The summed E-state index contributed by atoms with van der Waals surface area (Å²) in [6.07, 6.45) is -1.70. The van der Waals surface area contributed by atoms with Crippen LogP contribution in [0.2, 0.25) is 0 Å². The van der Waals surface area contributed by atoms with E-state index in [1.165, 1.54) is 24.5 Å². The van der Waals surface area contributed by atoms with Crippen molar-refractivity contribution in [1.82, 2.24) is 25.1 Å². The third-order valence-corrected chi connectivity index (χ3v) is 4.02. The molecule has 0 saturated carbocycles. The number of rotatable bonds is 6. The number of halogens is 3. The first-order valence-electron chi connectivity index (χ1n) is 9.02. The van der Waals surface area contributed by atoms with Gasteiger partial charge in [0.25, 0.3) is 0 Å². The zero-order valence-electron chi connectivity index (χ0n) is 16.1. The molecule has 0 fully saturated rings. The van der Waals surface area contributed by atoms with Crippen LogP contribution in [0.3, 0.4) is 0 Å². The lowest BCUT2D eigenvalue weighted by molar-refractivity contribution is -0.141. The molecule has 1 N–H and O–H groups in total. The predicted octanol–water partition coefficient (Wildman–Crippen LogP) is 4.57. The van der Waals surface area contributed by atoms with Gasteiger partial charge in [0, 0.05) is 36.6 Å². The summed E-state index contributed by atoms with van der Waals surface area (Å²) in [6.45, 7) is 1.80. The van der Waals surface area contributed by atoms with Gasteiger partial charge in [-0.2, -0.15) is 18.2 Å². The fourth-order valence-corrected chi connectivity index (χ4v) is 2.62. The van der Waals surface area contributed by atoms with Crippen LogP contribution in [0, 0.1) is 6.92 Å². The summed E-state index contributed by atoms with van der Waals surface area (Å²) < 4.78 is 50.4. The van der Waals surface area contributed by atoms with Gasteiger partial charge >= 0.3 is 6.18 Å². The summed E-state index contributed by atoms with van der Waals surface area (Å²) in [5, 5.41) is 6.60. The molecule has 158 valence electrons. The molecule has 0 bridgehead atoms. The normalized spacial score (nSPS) is 11.4. The van der Waals surface area contributed by atoms with Crippen LogP contribution in [0.25, 0.3) is 11.4 Å². The summed E-state index contributed by atoms with van der Waals surface area (Å²) in [7, 11) is 0. The van der Waals surface area contributed by atoms with Crippen LogP contribution in [0.15, 0.2) is 59.4 Å². The van der Waals surface area contributed by atoms with Crippen molar-refractivity contribution in [2.75, 3.05) is 5.32 Å². The van der Waals surface area contributed by atoms with Crippen molar-refractivity contribution in [3.8, 4) is 17.1 Å². The first kappa shape index (κ1) is 20.3. The molecule has 3 heterocycles. The standard InChI is InChI=1S/C20H15F3N6O2/c1-12-25-18(29-31-12)11-30-15-4-2-14(3-5-15)26-17-10-16(20(21,22)23)27-19(28-17)13-6-8-24-9-7-13/h2-10H,11H2,1H3,(H,26,27,28). The van der Waals surface area contributed by atoms with Crippen molar-refractivity contribution in [2.45, 2.75) is 19.7 Å². The number of aromatic nitrogens is 5. The molecule has 0 atom stereocenters. The molecule has 0 saturated heterocycles. The first-order valence-corrected chi connectivity index (χ1v) is 9.02. The van der Waals surface area contributed by atoms with E-state index in [1.54, 1.807) is 31.2 Å². The third kappa shape index (κ3) is 5.13. The second-order valence-electron chi connectivity index (χ2n) is 6.36. The van der Waals surface area contributed by atoms with E-state index in [0.29, 0.717) is 28.7 Å². The fourth-order valence-electron chi connectivity index (χ4n) is 2.62. The van der Waals surface area contributed by atoms with Crippen LogP contribution >= 0.6 is 0 Å². The largest absolute Gasteiger partial charge is 0.485 e. The van der Waals surface area contributed by atoms with Crippen LogP contribution in [-0.4, -0.2) is 25.1 Å². The van der Waals surface area contributed by atoms with Gasteiger partial charge in [-0.15, -0.1) is 0 Å². The average Bonchev–Trinajstić information content (AvgIpc) is 3.18. The topological polar surface area (TPSA) is 98.8 Å². The van der Waals surface area contributed by atoms with E-state index in [2.05, 4.69) is 30.4 Å². The third-order valence-electron chi connectivity index (χ3n) is 4.02. The van der Waals surface area contributed by atoms with Gasteiger partial charge in [-0.25, -0.2) is 9.97 Å². The van der Waals surface area contributed by atoms with Crippen LogP contribution in [0.5, 0.6) is 5.75 Å². The van der Waals surface area contributed by atoms with Crippen LogP contribution in [0.4, 0.5) is 24.7 Å². The SMILES string of the molecule is Cc1nc(COc2ccc(Nc3cc(C(F)(F)F)nc(-c4ccncc4)n3)cc2)no1. The summed E-state index contributed by atoms with van der Waals surface area (Å²) >= 11 is 0. The van der Waals surface area contributed by atoms with E-state index in [1.807, 2.05) is 0 Å². The van der Waals surface area contributed by atoms with E-state index in [-0.39, 0.29) is 18.2 Å². The molecule has 0 aliphatic heterocycles.